The average Bonchev–Trinajstić information content (AvgIpc) is 2.57. The van der Waals surface area contributed by atoms with Gasteiger partial charge in [0.15, 0.2) is 11.9 Å². The summed E-state index contributed by atoms with van der Waals surface area (Å²) in [5, 5.41) is 11.8. The summed E-state index contributed by atoms with van der Waals surface area (Å²) < 4.78 is 5.46. The van der Waals surface area contributed by atoms with Gasteiger partial charge in [-0.05, 0) is 35.0 Å². The summed E-state index contributed by atoms with van der Waals surface area (Å²) in [6, 6.07) is 5.70. The maximum absolute atomic E-state index is 12.6. The van der Waals surface area contributed by atoms with Gasteiger partial charge in [-0.2, -0.15) is 0 Å². The van der Waals surface area contributed by atoms with E-state index in [0.29, 0.717) is 10.6 Å². The quantitative estimate of drug-likeness (QED) is 0.435. The van der Waals surface area contributed by atoms with Crippen molar-refractivity contribution in [3.63, 3.8) is 0 Å². The predicted molar refractivity (Wildman–Crippen MR) is 93.6 cm³/mol. The number of aromatic nitrogens is 1. The van der Waals surface area contributed by atoms with E-state index in [9.17, 15) is 14.9 Å². The van der Waals surface area contributed by atoms with Gasteiger partial charge in [-0.3, -0.25) is 9.69 Å². The Morgan fingerprint density at radius 1 is 1.24 bits per heavy atom. The second-order valence-corrected chi connectivity index (χ2v) is 6.45. The Morgan fingerprint density at radius 3 is 2.60 bits per heavy atom. The van der Waals surface area contributed by atoms with Crippen LogP contribution in [0.5, 0.6) is 5.75 Å². The summed E-state index contributed by atoms with van der Waals surface area (Å²) in [6.45, 7) is 1.52. The zero-order chi connectivity index (χ0) is 18.3. The zero-order valence-electron chi connectivity index (χ0n) is 12.7. The van der Waals surface area contributed by atoms with Gasteiger partial charge in [0, 0.05) is 16.7 Å². The van der Waals surface area contributed by atoms with Gasteiger partial charge in [-0.1, -0.05) is 34.8 Å². The molecule has 3 rings (SSSR count). The van der Waals surface area contributed by atoms with Crippen LogP contribution in [0.15, 0.2) is 24.3 Å². The van der Waals surface area contributed by atoms with Crippen LogP contribution in [0.4, 0.5) is 11.6 Å². The van der Waals surface area contributed by atoms with E-state index in [1.165, 1.54) is 23.1 Å². The maximum atomic E-state index is 12.6. The molecule has 1 aromatic heterocycles. The lowest BCUT2D eigenvalue weighted by atomic mass is 10.1. The lowest BCUT2D eigenvalue weighted by Crippen LogP contribution is -2.44. The van der Waals surface area contributed by atoms with E-state index in [4.69, 9.17) is 39.5 Å². The predicted octanol–water partition coefficient (Wildman–Crippen LogP) is 4.26. The van der Waals surface area contributed by atoms with Crippen molar-refractivity contribution in [2.24, 2.45) is 0 Å². The molecule has 0 fully saturated rings. The largest absolute Gasteiger partial charge is 0.475 e. The number of ether oxygens (including phenoxy) is 1. The van der Waals surface area contributed by atoms with Crippen LogP contribution < -0.4 is 9.64 Å². The SMILES string of the molecule is CC1Oc2ccc([N+](=O)[O-])nc2N(Cc2c(Cl)ccc(Cl)c2Cl)C1=O. The van der Waals surface area contributed by atoms with Crippen LogP contribution in [0.3, 0.4) is 0 Å². The van der Waals surface area contributed by atoms with Gasteiger partial charge in [0.2, 0.25) is 0 Å². The van der Waals surface area contributed by atoms with Gasteiger partial charge in [-0.25, -0.2) is 0 Å². The molecule has 0 saturated carbocycles. The molecule has 1 aromatic carbocycles. The molecule has 1 amide bonds. The molecule has 1 aliphatic heterocycles. The molecule has 7 nitrogen and oxygen atoms in total. The highest BCUT2D eigenvalue weighted by Gasteiger charge is 2.37. The van der Waals surface area contributed by atoms with Crippen LogP contribution >= 0.6 is 34.8 Å². The molecule has 0 spiro atoms. The first-order chi connectivity index (χ1) is 11.8. The Kier molecular flexibility index (Phi) is 4.73. The number of pyridine rings is 1. The summed E-state index contributed by atoms with van der Waals surface area (Å²) in [5.41, 5.74) is 0.414. The third-order valence-corrected chi connectivity index (χ3v) is 4.84. The van der Waals surface area contributed by atoms with Crippen molar-refractivity contribution >= 4 is 52.3 Å². The van der Waals surface area contributed by atoms with Crippen molar-refractivity contribution in [3.05, 3.63) is 55.0 Å². The molecular weight excluding hydrogens is 393 g/mol. The standard InChI is InChI=1S/C15H10Cl3N3O4/c1-7-15(22)20(6-8-9(16)2-3-10(17)13(8)18)14-11(25-7)4-5-12(19-14)21(23)24/h2-5,7H,6H2,1H3. The van der Waals surface area contributed by atoms with E-state index in [1.54, 1.807) is 13.0 Å². The zero-order valence-corrected chi connectivity index (χ0v) is 15.0. The van der Waals surface area contributed by atoms with Crippen molar-refractivity contribution < 1.29 is 14.5 Å². The summed E-state index contributed by atoms with van der Waals surface area (Å²) in [7, 11) is 0. The lowest BCUT2D eigenvalue weighted by Gasteiger charge is -2.29. The summed E-state index contributed by atoms with van der Waals surface area (Å²) in [5.74, 6) is -0.540. The van der Waals surface area contributed by atoms with E-state index in [-0.39, 0.29) is 28.2 Å². The first-order valence-electron chi connectivity index (χ1n) is 7.05. The maximum Gasteiger partial charge on any atom is 0.366 e. The summed E-state index contributed by atoms with van der Waals surface area (Å²) >= 11 is 18.4. The minimum Gasteiger partial charge on any atom is -0.475 e. The summed E-state index contributed by atoms with van der Waals surface area (Å²) in [6.07, 6.45) is -0.785. The third kappa shape index (κ3) is 3.22. The van der Waals surface area contributed by atoms with E-state index in [2.05, 4.69) is 4.98 Å². The van der Waals surface area contributed by atoms with Crippen LogP contribution in [0.1, 0.15) is 12.5 Å². The number of carbonyl (C=O) groups is 1. The highest BCUT2D eigenvalue weighted by atomic mass is 35.5. The van der Waals surface area contributed by atoms with Crippen LogP contribution in [0, 0.1) is 10.1 Å². The van der Waals surface area contributed by atoms with Crippen molar-refractivity contribution in [1.82, 2.24) is 4.98 Å². The fourth-order valence-corrected chi connectivity index (χ4v) is 3.07. The number of carbonyl (C=O) groups excluding carboxylic acids is 1. The molecule has 0 bridgehead atoms. The average molecular weight is 403 g/mol. The van der Waals surface area contributed by atoms with Crippen LogP contribution in [-0.2, 0) is 11.3 Å². The second-order valence-electron chi connectivity index (χ2n) is 5.25. The molecule has 0 aliphatic carbocycles. The molecule has 2 heterocycles. The summed E-state index contributed by atoms with van der Waals surface area (Å²) in [4.78, 5) is 28.1. The van der Waals surface area contributed by atoms with Crippen LogP contribution in [0.25, 0.3) is 0 Å². The topological polar surface area (TPSA) is 85.6 Å². The van der Waals surface area contributed by atoms with E-state index >= 15 is 0 Å². The first kappa shape index (κ1) is 17.7. The number of rotatable bonds is 3. The molecule has 130 valence electrons. The Labute approximate surface area is 157 Å². The van der Waals surface area contributed by atoms with Crippen molar-refractivity contribution in [3.8, 4) is 5.75 Å². The highest BCUT2D eigenvalue weighted by Crippen LogP contribution is 2.38. The van der Waals surface area contributed by atoms with E-state index < -0.39 is 22.8 Å². The number of amides is 1. The molecule has 0 radical (unpaired) electrons. The number of anilines is 1. The molecular formula is C15H10Cl3N3O4. The van der Waals surface area contributed by atoms with Crippen LogP contribution in [0.2, 0.25) is 15.1 Å². The number of benzene rings is 1. The smallest absolute Gasteiger partial charge is 0.366 e. The number of hydrogen-bond donors (Lipinski definition) is 0. The molecule has 1 unspecified atom stereocenters. The Morgan fingerprint density at radius 2 is 1.92 bits per heavy atom. The minimum absolute atomic E-state index is 0.0319. The number of nitrogens with zero attached hydrogens (tertiary/aromatic N) is 3. The van der Waals surface area contributed by atoms with Crippen molar-refractivity contribution in [2.75, 3.05) is 4.90 Å². The first-order valence-corrected chi connectivity index (χ1v) is 8.19. The Bertz CT molecular complexity index is 891. The molecule has 0 saturated heterocycles. The molecule has 25 heavy (non-hydrogen) atoms. The molecule has 1 atom stereocenters. The van der Waals surface area contributed by atoms with Gasteiger partial charge in [0.1, 0.15) is 0 Å². The van der Waals surface area contributed by atoms with Gasteiger partial charge in [0.05, 0.1) is 16.6 Å². The monoisotopic (exact) mass is 401 g/mol. The molecule has 10 heteroatoms. The molecule has 2 aromatic rings. The van der Waals surface area contributed by atoms with E-state index in [0.717, 1.165) is 0 Å². The lowest BCUT2D eigenvalue weighted by molar-refractivity contribution is -0.389. The normalized spacial score (nSPS) is 16.4. The van der Waals surface area contributed by atoms with Gasteiger partial charge < -0.3 is 14.9 Å². The van der Waals surface area contributed by atoms with Crippen molar-refractivity contribution in [1.29, 1.82) is 0 Å². The van der Waals surface area contributed by atoms with Crippen molar-refractivity contribution in [2.45, 2.75) is 19.6 Å². The fraction of sp³-hybridized carbons (Fsp3) is 0.200. The Balaban J connectivity index is 2.10. The third-order valence-electron chi connectivity index (χ3n) is 3.64. The number of nitro groups is 1. The number of halogens is 3. The van der Waals surface area contributed by atoms with Gasteiger partial charge in [0.25, 0.3) is 11.7 Å². The number of fused-ring (bicyclic) bond motifs is 1. The number of hydrogen-bond acceptors (Lipinski definition) is 5. The van der Waals surface area contributed by atoms with E-state index in [1.807, 2.05) is 0 Å². The van der Waals surface area contributed by atoms with Crippen LogP contribution in [-0.4, -0.2) is 21.9 Å². The molecule has 1 aliphatic rings. The molecule has 0 N–H and O–H groups in total. The minimum atomic E-state index is -0.785. The van der Waals surface area contributed by atoms with Gasteiger partial charge in [-0.15, -0.1) is 0 Å². The second kappa shape index (κ2) is 6.67. The highest BCUT2D eigenvalue weighted by molar-refractivity contribution is 6.44. The Hall–Kier alpha value is -2.09. The van der Waals surface area contributed by atoms with Gasteiger partial charge >= 0.3 is 5.82 Å². The fourth-order valence-electron chi connectivity index (χ4n) is 2.40.